The summed E-state index contributed by atoms with van der Waals surface area (Å²) < 4.78 is 0. The van der Waals surface area contributed by atoms with Crippen molar-refractivity contribution in [3.8, 4) is 0 Å². The van der Waals surface area contributed by atoms with E-state index in [1.165, 1.54) is 0 Å². The minimum Gasteiger partial charge on any atom is -0.399 e. The second kappa shape index (κ2) is 10.8. The summed E-state index contributed by atoms with van der Waals surface area (Å²) in [5.74, 6) is -0.00176. The maximum Gasteiger partial charge on any atom is 0.239 e. The number of hydrogen-bond donors (Lipinski definition) is 3. The number of nitrogens with two attached hydrogens (primary N) is 1. The van der Waals surface area contributed by atoms with Gasteiger partial charge in [-0.2, -0.15) is 0 Å². The molecule has 0 radical (unpaired) electrons. The molecule has 2 rings (SSSR count). The van der Waals surface area contributed by atoms with Gasteiger partial charge in [-0.15, -0.1) is 24.8 Å². The van der Waals surface area contributed by atoms with Crippen LogP contribution in [-0.4, -0.2) is 19.0 Å². The smallest absolute Gasteiger partial charge is 0.239 e. The van der Waals surface area contributed by atoms with E-state index in [9.17, 15) is 4.79 Å². The fraction of sp³-hybridized carbons (Fsp3) is 0.278. The molecule has 0 aliphatic carbocycles. The summed E-state index contributed by atoms with van der Waals surface area (Å²) in [6, 6.07) is 13.8. The Morgan fingerprint density at radius 3 is 2.17 bits per heavy atom. The lowest BCUT2D eigenvalue weighted by molar-refractivity contribution is -0.119. The average Bonchev–Trinajstić information content (AvgIpc) is 2.49. The third-order valence-corrected chi connectivity index (χ3v) is 3.62. The number of amides is 1. The van der Waals surface area contributed by atoms with Gasteiger partial charge in [0, 0.05) is 17.9 Å². The van der Waals surface area contributed by atoms with Gasteiger partial charge < -0.3 is 16.4 Å². The highest BCUT2D eigenvalue weighted by molar-refractivity contribution is 5.85. The lowest BCUT2D eigenvalue weighted by atomic mass is 10.1. The Morgan fingerprint density at radius 1 is 1.00 bits per heavy atom. The number of carbonyl (C=O) groups is 1. The van der Waals surface area contributed by atoms with E-state index in [1.807, 2.05) is 56.3 Å². The maximum absolute atomic E-state index is 11.9. The van der Waals surface area contributed by atoms with E-state index in [4.69, 9.17) is 5.73 Å². The Hall–Kier alpha value is -1.91. The van der Waals surface area contributed by atoms with Gasteiger partial charge >= 0.3 is 0 Å². The fourth-order valence-corrected chi connectivity index (χ4v) is 2.36. The molecule has 0 saturated heterocycles. The van der Waals surface area contributed by atoms with Gasteiger partial charge in [-0.05, 0) is 49.1 Å². The Labute approximate surface area is 156 Å². The molecular formula is C18H25Cl2N3O. The predicted molar refractivity (Wildman–Crippen MR) is 106 cm³/mol. The highest BCUT2D eigenvalue weighted by Crippen LogP contribution is 2.18. The van der Waals surface area contributed by atoms with Crippen LogP contribution >= 0.6 is 24.8 Å². The molecule has 2 aromatic carbocycles. The third-order valence-electron chi connectivity index (χ3n) is 3.62. The summed E-state index contributed by atoms with van der Waals surface area (Å²) >= 11 is 0. The Kier molecular flexibility index (Phi) is 9.93. The summed E-state index contributed by atoms with van der Waals surface area (Å²) in [6.07, 6.45) is 0.801. The van der Waals surface area contributed by atoms with Crippen molar-refractivity contribution in [2.24, 2.45) is 0 Å². The molecule has 0 bridgehead atoms. The number of carbonyl (C=O) groups excluding carboxylic acids is 1. The van der Waals surface area contributed by atoms with Crippen molar-refractivity contribution in [3.63, 3.8) is 0 Å². The number of rotatable bonds is 6. The van der Waals surface area contributed by atoms with E-state index < -0.39 is 0 Å². The summed E-state index contributed by atoms with van der Waals surface area (Å²) in [7, 11) is 0. The minimum atomic E-state index is -0.00176. The van der Waals surface area contributed by atoms with Gasteiger partial charge in [0.05, 0.1) is 6.54 Å². The number of halogens is 2. The normalized spacial score (nSPS) is 9.42. The monoisotopic (exact) mass is 369 g/mol. The highest BCUT2D eigenvalue weighted by Gasteiger charge is 2.05. The maximum atomic E-state index is 11.9. The van der Waals surface area contributed by atoms with Crippen LogP contribution in [0.4, 0.5) is 11.4 Å². The quantitative estimate of drug-likeness (QED) is 0.682. The van der Waals surface area contributed by atoms with Crippen LogP contribution in [0.5, 0.6) is 0 Å². The molecule has 0 unspecified atom stereocenters. The van der Waals surface area contributed by atoms with Crippen molar-refractivity contribution in [2.45, 2.75) is 20.3 Å². The van der Waals surface area contributed by atoms with E-state index in [2.05, 4.69) is 10.6 Å². The Bertz CT molecular complexity index is 625. The molecule has 2 aromatic rings. The first-order chi connectivity index (χ1) is 10.6. The number of nitrogen functional groups attached to an aromatic ring is 1. The highest BCUT2D eigenvalue weighted by atomic mass is 35.5. The molecular weight excluding hydrogens is 345 g/mol. The molecule has 0 aliphatic heterocycles. The number of hydrogen-bond acceptors (Lipinski definition) is 3. The van der Waals surface area contributed by atoms with Crippen LogP contribution in [0.25, 0.3) is 0 Å². The molecule has 6 heteroatoms. The van der Waals surface area contributed by atoms with Crippen LogP contribution in [0, 0.1) is 13.8 Å². The number of nitrogens with one attached hydrogen (secondary N) is 2. The van der Waals surface area contributed by atoms with Gasteiger partial charge in [0.1, 0.15) is 0 Å². The van der Waals surface area contributed by atoms with Crippen molar-refractivity contribution in [3.05, 3.63) is 59.2 Å². The summed E-state index contributed by atoms with van der Waals surface area (Å²) in [6.45, 7) is 4.98. The zero-order chi connectivity index (χ0) is 15.9. The number of para-hydroxylation sites is 1. The van der Waals surface area contributed by atoms with Crippen LogP contribution in [0.1, 0.15) is 16.7 Å². The molecule has 0 fully saturated rings. The van der Waals surface area contributed by atoms with E-state index >= 15 is 0 Å². The van der Waals surface area contributed by atoms with Gasteiger partial charge in [0.2, 0.25) is 5.91 Å². The van der Waals surface area contributed by atoms with Crippen molar-refractivity contribution < 1.29 is 4.79 Å². The summed E-state index contributed by atoms with van der Waals surface area (Å²) in [5.41, 5.74) is 10.9. The zero-order valence-corrected chi connectivity index (χ0v) is 15.6. The van der Waals surface area contributed by atoms with Crippen LogP contribution in [0.15, 0.2) is 42.5 Å². The van der Waals surface area contributed by atoms with E-state index in [-0.39, 0.29) is 37.3 Å². The number of anilines is 2. The molecule has 0 saturated carbocycles. The Morgan fingerprint density at radius 2 is 1.58 bits per heavy atom. The molecule has 0 aromatic heterocycles. The first-order valence-electron chi connectivity index (χ1n) is 7.47. The van der Waals surface area contributed by atoms with E-state index in [1.54, 1.807) is 0 Å². The predicted octanol–water partition coefficient (Wildman–Crippen LogP) is 3.50. The van der Waals surface area contributed by atoms with Crippen LogP contribution < -0.4 is 16.4 Å². The zero-order valence-electron chi connectivity index (χ0n) is 14.0. The van der Waals surface area contributed by atoms with Gasteiger partial charge in [0.15, 0.2) is 0 Å². The largest absolute Gasteiger partial charge is 0.399 e. The number of aryl methyl sites for hydroxylation is 2. The SMILES string of the molecule is Cc1cccc(C)c1NCC(=O)NCCc1ccc(N)cc1.Cl.Cl. The fourth-order valence-electron chi connectivity index (χ4n) is 2.36. The molecule has 132 valence electrons. The van der Waals surface area contributed by atoms with Gasteiger partial charge in [-0.25, -0.2) is 0 Å². The van der Waals surface area contributed by atoms with Crippen LogP contribution in [0.3, 0.4) is 0 Å². The first kappa shape index (κ1) is 22.1. The average molecular weight is 370 g/mol. The van der Waals surface area contributed by atoms with Crippen molar-refractivity contribution in [1.82, 2.24) is 5.32 Å². The summed E-state index contributed by atoms with van der Waals surface area (Å²) in [5, 5.41) is 6.13. The van der Waals surface area contributed by atoms with Gasteiger partial charge in [0.25, 0.3) is 0 Å². The van der Waals surface area contributed by atoms with Gasteiger partial charge in [-0.1, -0.05) is 30.3 Å². The first-order valence-corrected chi connectivity index (χ1v) is 7.47. The van der Waals surface area contributed by atoms with Crippen molar-refractivity contribution in [1.29, 1.82) is 0 Å². The van der Waals surface area contributed by atoms with Crippen molar-refractivity contribution >= 4 is 42.1 Å². The van der Waals surface area contributed by atoms with E-state index in [0.29, 0.717) is 6.54 Å². The lowest BCUT2D eigenvalue weighted by Gasteiger charge is -2.12. The third kappa shape index (κ3) is 6.69. The second-order valence-electron chi connectivity index (χ2n) is 5.46. The molecule has 0 atom stereocenters. The molecule has 4 nitrogen and oxygen atoms in total. The molecule has 4 N–H and O–H groups in total. The molecule has 0 aliphatic rings. The molecule has 0 spiro atoms. The van der Waals surface area contributed by atoms with Crippen LogP contribution in [-0.2, 0) is 11.2 Å². The second-order valence-corrected chi connectivity index (χ2v) is 5.46. The lowest BCUT2D eigenvalue weighted by Crippen LogP contribution is -2.31. The summed E-state index contributed by atoms with van der Waals surface area (Å²) in [4.78, 5) is 11.9. The van der Waals surface area contributed by atoms with Crippen LogP contribution in [0.2, 0.25) is 0 Å². The Balaban J connectivity index is 0.00000264. The topological polar surface area (TPSA) is 67.2 Å². The molecule has 24 heavy (non-hydrogen) atoms. The van der Waals surface area contributed by atoms with Crippen molar-refractivity contribution in [2.75, 3.05) is 24.1 Å². The van der Waals surface area contributed by atoms with E-state index in [0.717, 1.165) is 34.5 Å². The molecule has 0 heterocycles. The number of benzene rings is 2. The van der Waals surface area contributed by atoms with Gasteiger partial charge in [-0.3, -0.25) is 4.79 Å². The molecule has 1 amide bonds. The standard InChI is InChI=1S/C18H23N3O.2ClH/c1-13-4-3-5-14(2)18(13)21-12-17(22)20-11-10-15-6-8-16(19)9-7-15;;/h3-9,21H,10-12,19H2,1-2H3,(H,20,22);2*1H. The minimum absolute atomic E-state index is 0.